The highest BCUT2D eigenvalue weighted by molar-refractivity contribution is 7.10. The number of anilines is 2. The Hall–Kier alpha value is -1.66. The fraction of sp³-hybridized carbons (Fsp3) is 0.273. The van der Waals surface area contributed by atoms with E-state index in [2.05, 4.69) is 39.1 Å². The molecule has 2 rings (SSSR count). The maximum Gasteiger partial charge on any atom is 0.239 e. The highest BCUT2D eigenvalue weighted by Crippen LogP contribution is 2.23. The molecule has 0 saturated heterocycles. The van der Waals surface area contributed by atoms with Crippen molar-refractivity contribution < 1.29 is 0 Å². The summed E-state index contributed by atoms with van der Waals surface area (Å²) in [5, 5.41) is 5.41. The first-order chi connectivity index (χ1) is 8.20. The Kier molecular flexibility index (Phi) is 3.55. The van der Waals surface area contributed by atoms with Gasteiger partial charge in [0.05, 0.1) is 6.04 Å². The number of rotatable bonds is 4. The second kappa shape index (κ2) is 5.11. The Labute approximate surface area is 104 Å². The van der Waals surface area contributed by atoms with E-state index >= 15 is 0 Å². The number of nitrogens with one attached hydrogen (secondary N) is 2. The first-order valence-electron chi connectivity index (χ1n) is 5.31. The molecule has 0 radical (unpaired) electrons. The quantitative estimate of drug-likeness (QED) is 0.572. The van der Waals surface area contributed by atoms with Gasteiger partial charge in [-0.3, -0.25) is 5.43 Å². The summed E-state index contributed by atoms with van der Waals surface area (Å²) in [6.45, 7) is 4.06. The standard InChI is InChI=1S/C11H15N5S/c1-7-6-13-11(16-12)15-10(7)14-8(2)9-4-3-5-17-9/h3-6,8H,12H2,1-2H3,(H2,13,14,15,16). The van der Waals surface area contributed by atoms with Gasteiger partial charge in [0.1, 0.15) is 5.82 Å². The smallest absolute Gasteiger partial charge is 0.239 e. The first-order valence-corrected chi connectivity index (χ1v) is 6.19. The lowest BCUT2D eigenvalue weighted by Crippen LogP contribution is -2.13. The van der Waals surface area contributed by atoms with Crippen molar-refractivity contribution in [3.05, 3.63) is 34.2 Å². The molecule has 0 saturated carbocycles. The van der Waals surface area contributed by atoms with E-state index in [-0.39, 0.29) is 6.04 Å². The lowest BCUT2D eigenvalue weighted by Gasteiger charge is -2.15. The zero-order valence-electron chi connectivity index (χ0n) is 9.77. The number of nitrogens with two attached hydrogens (primary N) is 1. The molecule has 0 aliphatic carbocycles. The molecule has 6 heteroatoms. The third kappa shape index (κ3) is 2.72. The Morgan fingerprint density at radius 2 is 2.29 bits per heavy atom. The number of aromatic nitrogens is 2. The van der Waals surface area contributed by atoms with Crippen LogP contribution in [0.25, 0.3) is 0 Å². The predicted molar refractivity (Wildman–Crippen MR) is 70.9 cm³/mol. The number of hydrogen-bond acceptors (Lipinski definition) is 6. The van der Waals surface area contributed by atoms with Crippen molar-refractivity contribution in [1.82, 2.24) is 9.97 Å². The summed E-state index contributed by atoms with van der Waals surface area (Å²) >= 11 is 1.72. The Morgan fingerprint density at radius 3 is 2.94 bits per heavy atom. The Morgan fingerprint density at radius 1 is 1.47 bits per heavy atom. The minimum absolute atomic E-state index is 0.217. The van der Waals surface area contributed by atoms with Gasteiger partial charge in [-0.1, -0.05) is 6.07 Å². The lowest BCUT2D eigenvalue weighted by atomic mass is 10.2. The molecular formula is C11H15N5S. The molecule has 0 aliphatic rings. The molecule has 5 nitrogen and oxygen atoms in total. The van der Waals surface area contributed by atoms with Crippen molar-refractivity contribution in [3.8, 4) is 0 Å². The van der Waals surface area contributed by atoms with Crippen LogP contribution in [0.3, 0.4) is 0 Å². The van der Waals surface area contributed by atoms with E-state index in [0.717, 1.165) is 11.4 Å². The molecule has 2 heterocycles. The van der Waals surface area contributed by atoms with E-state index < -0.39 is 0 Å². The van der Waals surface area contributed by atoms with Gasteiger partial charge in [-0.2, -0.15) is 4.98 Å². The zero-order chi connectivity index (χ0) is 12.3. The van der Waals surface area contributed by atoms with Crippen LogP contribution in [-0.4, -0.2) is 9.97 Å². The van der Waals surface area contributed by atoms with Crippen LogP contribution in [0, 0.1) is 6.92 Å². The van der Waals surface area contributed by atoms with E-state index in [1.807, 2.05) is 13.0 Å². The molecule has 90 valence electrons. The molecule has 0 amide bonds. The summed E-state index contributed by atoms with van der Waals surface area (Å²) in [5.41, 5.74) is 3.44. The molecule has 2 aromatic rings. The van der Waals surface area contributed by atoms with Crippen LogP contribution in [0.4, 0.5) is 11.8 Å². The second-order valence-electron chi connectivity index (χ2n) is 3.75. The van der Waals surface area contributed by atoms with Gasteiger partial charge in [0.15, 0.2) is 0 Å². The van der Waals surface area contributed by atoms with Gasteiger partial charge in [-0.25, -0.2) is 10.8 Å². The number of thiophene rings is 1. The van der Waals surface area contributed by atoms with Crippen molar-refractivity contribution in [1.29, 1.82) is 0 Å². The normalized spacial score (nSPS) is 12.2. The van der Waals surface area contributed by atoms with Gasteiger partial charge in [0.2, 0.25) is 5.95 Å². The molecule has 1 atom stereocenters. The first kappa shape index (κ1) is 11.8. The van der Waals surface area contributed by atoms with Crippen LogP contribution in [0.5, 0.6) is 0 Å². The van der Waals surface area contributed by atoms with Gasteiger partial charge in [-0.15, -0.1) is 11.3 Å². The van der Waals surface area contributed by atoms with Gasteiger partial charge >= 0.3 is 0 Å². The molecular weight excluding hydrogens is 234 g/mol. The Balaban J connectivity index is 2.18. The molecule has 1 unspecified atom stereocenters. The fourth-order valence-electron chi connectivity index (χ4n) is 1.47. The highest BCUT2D eigenvalue weighted by Gasteiger charge is 2.09. The van der Waals surface area contributed by atoms with Gasteiger partial charge < -0.3 is 5.32 Å². The predicted octanol–water partition coefficient (Wildman–Crippen LogP) is 2.31. The van der Waals surface area contributed by atoms with E-state index in [1.165, 1.54) is 4.88 Å². The van der Waals surface area contributed by atoms with Gasteiger partial charge in [-0.05, 0) is 25.3 Å². The van der Waals surface area contributed by atoms with Gasteiger partial charge in [0, 0.05) is 16.6 Å². The highest BCUT2D eigenvalue weighted by atomic mass is 32.1. The summed E-state index contributed by atoms with van der Waals surface area (Å²) in [4.78, 5) is 9.60. The molecule has 0 spiro atoms. The van der Waals surface area contributed by atoms with E-state index in [0.29, 0.717) is 5.95 Å². The third-order valence-electron chi connectivity index (χ3n) is 2.42. The summed E-state index contributed by atoms with van der Waals surface area (Å²) in [6, 6.07) is 4.35. The van der Waals surface area contributed by atoms with E-state index in [9.17, 15) is 0 Å². The van der Waals surface area contributed by atoms with Crippen LogP contribution < -0.4 is 16.6 Å². The average Bonchev–Trinajstić information content (AvgIpc) is 2.85. The topological polar surface area (TPSA) is 75.9 Å². The molecule has 0 aliphatic heterocycles. The molecule has 0 aromatic carbocycles. The van der Waals surface area contributed by atoms with Gasteiger partial charge in [0.25, 0.3) is 0 Å². The minimum Gasteiger partial charge on any atom is -0.362 e. The monoisotopic (exact) mass is 249 g/mol. The maximum atomic E-state index is 5.29. The SMILES string of the molecule is Cc1cnc(NN)nc1NC(C)c1cccs1. The number of hydrogen-bond donors (Lipinski definition) is 3. The minimum atomic E-state index is 0.217. The second-order valence-corrected chi connectivity index (χ2v) is 4.73. The van der Waals surface area contributed by atoms with Crippen molar-refractivity contribution in [2.75, 3.05) is 10.7 Å². The van der Waals surface area contributed by atoms with Crippen molar-refractivity contribution >= 4 is 23.1 Å². The molecule has 17 heavy (non-hydrogen) atoms. The number of hydrazine groups is 1. The number of aryl methyl sites for hydroxylation is 1. The summed E-state index contributed by atoms with van der Waals surface area (Å²) in [5.74, 6) is 6.51. The molecule has 0 fully saturated rings. The largest absolute Gasteiger partial charge is 0.362 e. The fourth-order valence-corrected chi connectivity index (χ4v) is 2.21. The van der Waals surface area contributed by atoms with Crippen LogP contribution in [-0.2, 0) is 0 Å². The summed E-state index contributed by atoms with van der Waals surface area (Å²) in [7, 11) is 0. The van der Waals surface area contributed by atoms with Crippen molar-refractivity contribution in [2.24, 2.45) is 5.84 Å². The van der Waals surface area contributed by atoms with Crippen LogP contribution in [0.1, 0.15) is 23.4 Å². The molecule has 4 N–H and O–H groups in total. The van der Waals surface area contributed by atoms with Crippen LogP contribution in [0.15, 0.2) is 23.7 Å². The zero-order valence-corrected chi connectivity index (χ0v) is 10.6. The van der Waals surface area contributed by atoms with E-state index in [4.69, 9.17) is 5.84 Å². The molecule has 2 aromatic heterocycles. The van der Waals surface area contributed by atoms with E-state index in [1.54, 1.807) is 17.5 Å². The lowest BCUT2D eigenvalue weighted by molar-refractivity contribution is 0.888. The van der Waals surface area contributed by atoms with Crippen LogP contribution >= 0.6 is 11.3 Å². The average molecular weight is 249 g/mol. The van der Waals surface area contributed by atoms with Crippen molar-refractivity contribution in [3.63, 3.8) is 0 Å². The third-order valence-corrected chi connectivity index (χ3v) is 3.48. The number of nitrogens with zero attached hydrogens (tertiary/aromatic N) is 2. The summed E-state index contributed by atoms with van der Waals surface area (Å²) < 4.78 is 0. The maximum absolute atomic E-state index is 5.29. The number of nitrogen functional groups attached to an aromatic ring is 1. The van der Waals surface area contributed by atoms with Crippen molar-refractivity contribution in [2.45, 2.75) is 19.9 Å². The van der Waals surface area contributed by atoms with Crippen LogP contribution in [0.2, 0.25) is 0 Å². The molecule has 0 bridgehead atoms. The summed E-state index contributed by atoms with van der Waals surface area (Å²) in [6.07, 6.45) is 1.74. The Bertz CT molecular complexity index is 483.